The Balaban J connectivity index is 2.55. The Morgan fingerprint density at radius 3 is 2.17 bits per heavy atom. The summed E-state index contributed by atoms with van der Waals surface area (Å²) in [6, 6.07) is 5.25. The Kier molecular flexibility index (Phi) is 6.51. The second-order valence-electron chi connectivity index (χ2n) is 6.60. The first-order chi connectivity index (χ1) is 11.5. The van der Waals surface area contributed by atoms with Crippen molar-refractivity contribution in [3.63, 3.8) is 0 Å². The summed E-state index contributed by atoms with van der Waals surface area (Å²) in [6.45, 7) is 3.96. The topological polar surface area (TPSA) is 52.6 Å². The van der Waals surface area contributed by atoms with Gasteiger partial charge in [-0.1, -0.05) is 39.2 Å². The number of benzene rings is 1. The van der Waals surface area contributed by atoms with Crippen LogP contribution in [0.15, 0.2) is 18.2 Å². The highest BCUT2D eigenvalue weighted by molar-refractivity contribution is 7.82. The molecule has 1 fully saturated rings. The minimum absolute atomic E-state index is 0.0108. The standard InChI is InChI=1S/C19H29O4P/c1-5-14(2)24(21,15-10-7-6-8-11-15)19(20)18-16(22-3)12-9-13-17(18)23-4/h9,12-15H,5-8,10-11H2,1-4H3. The third kappa shape index (κ3) is 3.39. The molecular weight excluding hydrogens is 323 g/mol. The van der Waals surface area contributed by atoms with Gasteiger partial charge in [0.15, 0.2) is 7.14 Å². The number of hydrogen-bond donors (Lipinski definition) is 0. The molecule has 1 aliphatic carbocycles. The predicted octanol–water partition coefficient (Wildman–Crippen LogP) is 5.34. The van der Waals surface area contributed by atoms with E-state index in [9.17, 15) is 9.36 Å². The van der Waals surface area contributed by atoms with E-state index in [1.807, 2.05) is 13.8 Å². The summed E-state index contributed by atoms with van der Waals surface area (Å²) in [5, 5.41) is 0. The van der Waals surface area contributed by atoms with Crippen molar-refractivity contribution in [2.24, 2.45) is 0 Å². The molecule has 0 bridgehead atoms. The van der Waals surface area contributed by atoms with Crippen LogP contribution in [0.25, 0.3) is 0 Å². The maximum atomic E-state index is 14.1. The summed E-state index contributed by atoms with van der Waals surface area (Å²) in [5.74, 6) is 0.886. The van der Waals surface area contributed by atoms with E-state index >= 15 is 0 Å². The number of carbonyl (C=O) groups is 1. The zero-order valence-corrected chi connectivity index (χ0v) is 16.1. The molecule has 2 rings (SSSR count). The number of carbonyl (C=O) groups excluding carboxylic acids is 1. The summed E-state index contributed by atoms with van der Waals surface area (Å²) in [4.78, 5) is 13.5. The van der Waals surface area contributed by atoms with Crippen molar-refractivity contribution in [3.8, 4) is 11.5 Å². The number of rotatable bonds is 7. The van der Waals surface area contributed by atoms with Crippen molar-refractivity contribution in [3.05, 3.63) is 23.8 Å². The van der Waals surface area contributed by atoms with Crippen LogP contribution < -0.4 is 9.47 Å². The van der Waals surface area contributed by atoms with Crippen molar-refractivity contribution >= 4 is 12.7 Å². The highest BCUT2D eigenvalue weighted by Crippen LogP contribution is 2.63. The highest BCUT2D eigenvalue weighted by atomic mass is 31.2. The molecule has 1 aromatic rings. The second-order valence-corrected chi connectivity index (χ2v) is 10.0. The van der Waals surface area contributed by atoms with E-state index in [1.54, 1.807) is 18.2 Å². The second kappa shape index (κ2) is 8.20. The van der Waals surface area contributed by atoms with Crippen LogP contribution in [0.2, 0.25) is 0 Å². The van der Waals surface area contributed by atoms with Crippen molar-refractivity contribution < 1.29 is 18.8 Å². The Hall–Kier alpha value is -1.28. The van der Waals surface area contributed by atoms with Gasteiger partial charge in [0.25, 0.3) is 0 Å². The molecule has 0 spiro atoms. The molecule has 0 radical (unpaired) electrons. The maximum Gasteiger partial charge on any atom is 0.229 e. The molecule has 24 heavy (non-hydrogen) atoms. The molecule has 0 N–H and O–H groups in total. The van der Waals surface area contributed by atoms with E-state index < -0.39 is 7.14 Å². The van der Waals surface area contributed by atoms with Crippen LogP contribution in [0, 0.1) is 0 Å². The van der Waals surface area contributed by atoms with Crippen LogP contribution >= 0.6 is 7.14 Å². The van der Waals surface area contributed by atoms with Gasteiger partial charge in [0, 0.05) is 11.3 Å². The van der Waals surface area contributed by atoms with Gasteiger partial charge in [0.05, 0.1) is 14.2 Å². The van der Waals surface area contributed by atoms with Gasteiger partial charge in [-0.3, -0.25) is 4.79 Å². The average molecular weight is 352 g/mol. The molecule has 0 aliphatic heterocycles. The minimum atomic E-state index is -3.08. The van der Waals surface area contributed by atoms with E-state index in [4.69, 9.17) is 9.47 Å². The molecule has 1 aliphatic rings. The van der Waals surface area contributed by atoms with E-state index in [1.165, 1.54) is 20.6 Å². The van der Waals surface area contributed by atoms with Gasteiger partial charge in [-0.05, 0) is 31.4 Å². The lowest BCUT2D eigenvalue weighted by molar-refractivity contribution is 0.106. The Labute approximate surface area is 145 Å². The molecule has 4 nitrogen and oxygen atoms in total. The lowest BCUT2D eigenvalue weighted by Gasteiger charge is -2.34. The van der Waals surface area contributed by atoms with Crippen molar-refractivity contribution in [1.82, 2.24) is 0 Å². The SMILES string of the molecule is CCC(C)P(=O)(C(=O)c1c(OC)cccc1OC)C1CCCCC1. The summed E-state index contributed by atoms with van der Waals surface area (Å²) < 4.78 is 24.8. The number of ether oxygens (including phenoxy) is 2. The van der Waals surface area contributed by atoms with Crippen LogP contribution in [0.1, 0.15) is 62.7 Å². The van der Waals surface area contributed by atoms with Crippen LogP contribution in [0.3, 0.4) is 0 Å². The quantitative estimate of drug-likeness (QED) is 0.622. The molecule has 0 amide bonds. The van der Waals surface area contributed by atoms with Crippen LogP contribution in [-0.2, 0) is 4.57 Å². The molecule has 1 aromatic carbocycles. The lowest BCUT2D eigenvalue weighted by atomic mass is 10.0. The fourth-order valence-electron chi connectivity index (χ4n) is 3.70. The number of hydrogen-bond acceptors (Lipinski definition) is 4. The predicted molar refractivity (Wildman–Crippen MR) is 98.1 cm³/mol. The third-order valence-corrected chi connectivity index (χ3v) is 9.46. The zero-order chi connectivity index (χ0) is 17.7. The zero-order valence-electron chi connectivity index (χ0n) is 15.2. The lowest BCUT2D eigenvalue weighted by Crippen LogP contribution is -2.25. The van der Waals surface area contributed by atoms with Crippen LogP contribution in [0.5, 0.6) is 11.5 Å². The molecular formula is C19H29O4P. The smallest absolute Gasteiger partial charge is 0.229 e. The van der Waals surface area contributed by atoms with Gasteiger partial charge >= 0.3 is 0 Å². The highest BCUT2D eigenvalue weighted by Gasteiger charge is 2.46. The molecule has 134 valence electrons. The summed E-state index contributed by atoms with van der Waals surface area (Å²) in [7, 11) is -0.0217. The van der Waals surface area contributed by atoms with Gasteiger partial charge in [0.1, 0.15) is 17.1 Å². The Morgan fingerprint density at radius 1 is 1.17 bits per heavy atom. The van der Waals surface area contributed by atoms with Crippen LogP contribution in [-0.4, -0.2) is 31.1 Å². The molecule has 5 heteroatoms. The van der Waals surface area contributed by atoms with E-state index in [0.717, 1.165) is 32.1 Å². The molecule has 0 saturated heterocycles. The van der Waals surface area contributed by atoms with Gasteiger partial charge in [-0.2, -0.15) is 0 Å². The summed E-state index contributed by atoms with van der Waals surface area (Å²) in [6.07, 6.45) is 5.78. The Bertz CT molecular complexity index is 598. The number of methoxy groups -OCH3 is 2. The molecule has 2 unspecified atom stereocenters. The molecule has 1 saturated carbocycles. The van der Waals surface area contributed by atoms with Crippen molar-refractivity contribution in [1.29, 1.82) is 0 Å². The molecule has 0 heterocycles. The minimum Gasteiger partial charge on any atom is -0.496 e. The summed E-state index contributed by atoms with van der Waals surface area (Å²) >= 11 is 0. The maximum absolute atomic E-state index is 14.1. The van der Waals surface area contributed by atoms with Gasteiger partial charge < -0.3 is 14.0 Å². The van der Waals surface area contributed by atoms with E-state index in [0.29, 0.717) is 17.1 Å². The van der Waals surface area contributed by atoms with Crippen molar-refractivity contribution in [2.75, 3.05) is 14.2 Å². The average Bonchev–Trinajstić information content (AvgIpc) is 2.65. The van der Waals surface area contributed by atoms with Gasteiger partial charge in [-0.15, -0.1) is 0 Å². The largest absolute Gasteiger partial charge is 0.496 e. The fraction of sp³-hybridized carbons (Fsp3) is 0.632. The van der Waals surface area contributed by atoms with Crippen molar-refractivity contribution in [2.45, 2.75) is 63.7 Å². The van der Waals surface area contributed by atoms with E-state index in [2.05, 4.69) is 0 Å². The molecule has 0 aromatic heterocycles. The van der Waals surface area contributed by atoms with Gasteiger partial charge in [-0.25, -0.2) is 0 Å². The first-order valence-corrected chi connectivity index (χ1v) is 10.7. The monoisotopic (exact) mass is 352 g/mol. The first kappa shape index (κ1) is 19.1. The third-order valence-electron chi connectivity index (χ3n) is 5.32. The van der Waals surface area contributed by atoms with Gasteiger partial charge in [0.2, 0.25) is 5.52 Å². The van der Waals surface area contributed by atoms with E-state index in [-0.39, 0.29) is 16.8 Å². The normalized spacial score (nSPS) is 19.3. The Morgan fingerprint density at radius 2 is 1.71 bits per heavy atom. The molecule has 2 atom stereocenters. The van der Waals surface area contributed by atoms with Crippen LogP contribution in [0.4, 0.5) is 0 Å². The summed E-state index contributed by atoms with van der Waals surface area (Å²) in [5.41, 5.74) is -0.0548. The first-order valence-electron chi connectivity index (χ1n) is 8.85. The fourth-order valence-corrected chi connectivity index (χ4v) is 7.39.